The van der Waals surface area contributed by atoms with E-state index >= 15 is 0 Å². The van der Waals surface area contributed by atoms with Gasteiger partial charge in [0.25, 0.3) is 0 Å². The number of thiophene rings is 1. The van der Waals surface area contributed by atoms with E-state index < -0.39 is 0 Å². The molecule has 0 aliphatic heterocycles. The van der Waals surface area contributed by atoms with Crippen molar-refractivity contribution < 1.29 is 0 Å². The van der Waals surface area contributed by atoms with Gasteiger partial charge in [0.05, 0.1) is 0 Å². The lowest BCUT2D eigenvalue weighted by Crippen LogP contribution is -1.79. The fourth-order valence-electron chi connectivity index (χ4n) is 1.39. The van der Waals surface area contributed by atoms with E-state index in [1.807, 2.05) is 30.5 Å². The first-order chi connectivity index (χ1) is 7.24. The summed E-state index contributed by atoms with van der Waals surface area (Å²) in [7, 11) is 0. The van der Waals surface area contributed by atoms with Gasteiger partial charge in [-0.05, 0) is 49.8 Å². The molecular formula is C13H13NS. The van der Waals surface area contributed by atoms with Gasteiger partial charge in [-0.3, -0.25) is 4.98 Å². The molecule has 0 fully saturated rings. The molecule has 0 saturated heterocycles. The number of hydrogen-bond donors (Lipinski definition) is 0. The molecular weight excluding hydrogens is 202 g/mol. The van der Waals surface area contributed by atoms with Gasteiger partial charge in [0, 0.05) is 21.6 Å². The Kier molecular flexibility index (Phi) is 2.97. The molecule has 0 amide bonds. The van der Waals surface area contributed by atoms with E-state index in [2.05, 4.69) is 42.3 Å². The molecule has 2 heterocycles. The van der Waals surface area contributed by atoms with Crippen molar-refractivity contribution in [1.82, 2.24) is 4.98 Å². The van der Waals surface area contributed by atoms with Crippen LogP contribution in [0.4, 0.5) is 0 Å². The molecule has 2 heteroatoms. The van der Waals surface area contributed by atoms with E-state index in [4.69, 9.17) is 0 Å². The average molecular weight is 215 g/mol. The van der Waals surface area contributed by atoms with Crippen LogP contribution in [0.5, 0.6) is 0 Å². The van der Waals surface area contributed by atoms with E-state index in [9.17, 15) is 0 Å². The highest BCUT2D eigenvalue weighted by Gasteiger charge is 1.92. The summed E-state index contributed by atoms with van der Waals surface area (Å²) < 4.78 is 0. The van der Waals surface area contributed by atoms with Crippen LogP contribution in [0.2, 0.25) is 0 Å². The molecule has 0 aliphatic rings. The fraction of sp³-hybridized carbons (Fsp3) is 0.154. The molecule has 2 aromatic rings. The Balaban J connectivity index is 2.18. The zero-order valence-electron chi connectivity index (χ0n) is 8.90. The fourth-order valence-corrected chi connectivity index (χ4v) is 2.17. The number of rotatable bonds is 2. The van der Waals surface area contributed by atoms with E-state index in [1.54, 1.807) is 0 Å². The van der Waals surface area contributed by atoms with Gasteiger partial charge < -0.3 is 0 Å². The van der Waals surface area contributed by atoms with Gasteiger partial charge in [-0.15, -0.1) is 11.3 Å². The quantitative estimate of drug-likeness (QED) is 0.739. The third kappa shape index (κ3) is 2.77. The molecule has 0 aromatic carbocycles. The Bertz CT molecular complexity index is 483. The number of aryl methyl sites for hydroxylation is 2. The smallest absolute Gasteiger partial charge is 0.0378 e. The van der Waals surface area contributed by atoms with Crippen LogP contribution in [0, 0.1) is 13.8 Å². The molecule has 2 aromatic heterocycles. The van der Waals surface area contributed by atoms with Gasteiger partial charge in [-0.1, -0.05) is 6.08 Å². The van der Waals surface area contributed by atoms with Crippen LogP contribution in [-0.4, -0.2) is 4.98 Å². The van der Waals surface area contributed by atoms with Crippen LogP contribution in [0.25, 0.3) is 12.2 Å². The second kappa shape index (κ2) is 4.41. The van der Waals surface area contributed by atoms with E-state index in [0.717, 1.165) is 5.69 Å². The Labute approximate surface area is 94.1 Å². The summed E-state index contributed by atoms with van der Waals surface area (Å²) in [5, 5.41) is 0. The predicted molar refractivity (Wildman–Crippen MR) is 67.0 cm³/mol. The first-order valence-corrected chi connectivity index (χ1v) is 5.73. The largest absolute Gasteiger partial charge is 0.262 e. The molecule has 0 bridgehead atoms. The number of hydrogen-bond acceptors (Lipinski definition) is 2. The zero-order chi connectivity index (χ0) is 10.7. The van der Waals surface area contributed by atoms with Gasteiger partial charge in [0.15, 0.2) is 0 Å². The standard InChI is InChI=1S/C13H13NS/c1-10-9-12(7-8-14-10)4-6-13-5-3-11(2)15-13/h3-9H,1-2H3. The van der Waals surface area contributed by atoms with Crippen LogP contribution >= 0.6 is 11.3 Å². The highest BCUT2D eigenvalue weighted by Crippen LogP contribution is 2.17. The topological polar surface area (TPSA) is 12.9 Å². The molecule has 0 N–H and O–H groups in total. The van der Waals surface area contributed by atoms with Crippen molar-refractivity contribution in [3.63, 3.8) is 0 Å². The van der Waals surface area contributed by atoms with Crippen molar-refractivity contribution in [3.8, 4) is 0 Å². The summed E-state index contributed by atoms with van der Waals surface area (Å²) in [5.41, 5.74) is 2.26. The van der Waals surface area contributed by atoms with Gasteiger partial charge in [-0.2, -0.15) is 0 Å². The summed E-state index contributed by atoms with van der Waals surface area (Å²) >= 11 is 1.81. The van der Waals surface area contributed by atoms with E-state index in [1.165, 1.54) is 15.3 Å². The Hall–Kier alpha value is -1.41. The molecule has 0 spiro atoms. The first-order valence-electron chi connectivity index (χ1n) is 4.91. The lowest BCUT2D eigenvalue weighted by molar-refractivity contribution is 1.20. The highest BCUT2D eigenvalue weighted by molar-refractivity contribution is 7.12. The molecule has 0 saturated carbocycles. The minimum absolute atomic E-state index is 1.06. The number of nitrogens with zero attached hydrogens (tertiary/aromatic N) is 1. The van der Waals surface area contributed by atoms with Crippen LogP contribution in [-0.2, 0) is 0 Å². The highest BCUT2D eigenvalue weighted by atomic mass is 32.1. The summed E-state index contributed by atoms with van der Waals surface area (Å²) in [4.78, 5) is 6.81. The second-order valence-electron chi connectivity index (χ2n) is 3.51. The zero-order valence-corrected chi connectivity index (χ0v) is 9.71. The maximum Gasteiger partial charge on any atom is 0.0378 e. The van der Waals surface area contributed by atoms with Crippen molar-refractivity contribution in [2.24, 2.45) is 0 Å². The minimum atomic E-state index is 1.06. The van der Waals surface area contributed by atoms with Gasteiger partial charge in [0.2, 0.25) is 0 Å². The second-order valence-corrected chi connectivity index (χ2v) is 4.83. The maximum atomic E-state index is 4.17. The summed E-state index contributed by atoms with van der Waals surface area (Å²) in [5.74, 6) is 0. The van der Waals surface area contributed by atoms with Crippen LogP contribution < -0.4 is 0 Å². The van der Waals surface area contributed by atoms with Gasteiger partial charge in [0.1, 0.15) is 0 Å². The maximum absolute atomic E-state index is 4.17. The molecule has 0 aliphatic carbocycles. The molecule has 76 valence electrons. The van der Waals surface area contributed by atoms with Crippen LogP contribution in [0.3, 0.4) is 0 Å². The molecule has 1 nitrogen and oxygen atoms in total. The van der Waals surface area contributed by atoms with Crippen molar-refractivity contribution in [2.45, 2.75) is 13.8 Å². The number of aromatic nitrogens is 1. The molecule has 2 rings (SSSR count). The van der Waals surface area contributed by atoms with Gasteiger partial charge >= 0.3 is 0 Å². The van der Waals surface area contributed by atoms with Crippen LogP contribution in [0.15, 0.2) is 30.5 Å². The lowest BCUT2D eigenvalue weighted by Gasteiger charge is -1.93. The normalized spacial score (nSPS) is 11.1. The van der Waals surface area contributed by atoms with Crippen molar-refractivity contribution in [2.75, 3.05) is 0 Å². The monoisotopic (exact) mass is 215 g/mol. The third-order valence-electron chi connectivity index (χ3n) is 2.12. The molecule has 0 atom stereocenters. The number of pyridine rings is 1. The predicted octanol–water partition coefficient (Wildman–Crippen LogP) is 3.93. The summed E-state index contributed by atoms with van der Waals surface area (Å²) in [6.45, 7) is 4.13. The van der Waals surface area contributed by atoms with Gasteiger partial charge in [-0.25, -0.2) is 0 Å². The van der Waals surface area contributed by atoms with E-state index in [0.29, 0.717) is 0 Å². The Morgan fingerprint density at radius 1 is 1.13 bits per heavy atom. The van der Waals surface area contributed by atoms with E-state index in [-0.39, 0.29) is 0 Å². The van der Waals surface area contributed by atoms with Crippen molar-refractivity contribution >= 4 is 23.5 Å². The Morgan fingerprint density at radius 2 is 2.00 bits per heavy atom. The average Bonchev–Trinajstić information content (AvgIpc) is 2.62. The van der Waals surface area contributed by atoms with Crippen molar-refractivity contribution in [1.29, 1.82) is 0 Å². The third-order valence-corrected chi connectivity index (χ3v) is 3.09. The van der Waals surface area contributed by atoms with Crippen LogP contribution in [0.1, 0.15) is 21.0 Å². The summed E-state index contributed by atoms with van der Waals surface area (Å²) in [6.07, 6.45) is 6.11. The lowest BCUT2D eigenvalue weighted by atomic mass is 10.2. The minimum Gasteiger partial charge on any atom is -0.262 e. The first kappa shape index (κ1) is 10.1. The SMILES string of the molecule is Cc1cc(C=Cc2ccc(C)s2)ccn1. The Morgan fingerprint density at radius 3 is 2.67 bits per heavy atom. The molecule has 0 unspecified atom stereocenters. The molecule has 15 heavy (non-hydrogen) atoms. The summed E-state index contributed by atoms with van der Waals surface area (Å²) in [6, 6.07) is 8.38. The van der Waals surface area contributed by atoms with Crippen molar-refractivity contribution in [3.05, 3.63) is 51.5 Å². The molecule has 0 radical (unpaired) electrons.